The van der Waals surface area contributed by atoms with Crippen molar-refractivity contribution in [1.29, 1.82) is 0 Å². The summed E-state index contributed by atoms with van der Waals surface area (Å²) in [6, 6.07) is 7.72. The van der Waals surface area contributed by atoms with Gasteiger partial charge < -0.3 is 15.4 Å². The highest BCUT2D eigenvalue weighted by Crippen LogP contribution is 2.17. The molecule has 1 aromatic rings. The van der Waals surface area contributed by atoms with E-state index in [-0.39, 0.29) is 0 Å². The van der Waals surface area contributed by atoms with Gasteiger partial charge >= 0.3 is 0 Å². The van der Waals surface area contributed by atoms with Crippen LogP contribution < -0.4 is 15.4 Å². The maximum absolute atomic E-state index is 5.59. The number of nitrogens with one attached hydrogen (secondary N) is 2. The lowest BCUT2D eigenvalue weighted by Crippen LogP contribution is -2.37. The zero-order valence-electron chi connectivity index (χ0n) is 10.9. The van der Waals surface area contributed by atoms with Crippen LogP contribution in [0.4, 0.5) is 0 Å². The number of hydrogen-bond acceptors (Lipinski definition) is 2. The minimum atomic E-state index is 0.457. The zero-order chi connectivity index (χ0) is 13.9. The van der Waals surface area contributed by atoms with E-state index in [9.17, 15) is 0 Å². The minimum absolute atomic E-state index is 0.457. The first-order valence-corrected chi connectivity index (χ1v) is 6.89. The zero-order valence-corrected chi connectivity index (χ0v) is 12.5. The first-order chi connectivity index (χ1) is 9.26. The van der Waals surface area contributed by atoms with Gasteiger partial charge in [0.2, 0.25) is 0 Å². The van der Waals surface area contributed by atoms with Gasteiger partial charge in [0, 0.05) is 11.0 Å². The van der Waals surface area contributed by atoms with Crippen molar-refractivity contribution in [1.82, 2.24) is 10.6 Å². The van der Waals surface area contributed by atoms with E-state index in [2.05, 4.69) is 37.5 Å². The minimum Gasteiger partial charge on any atom is -0.492 e. The number of nitrogens with zero attached hydrogens (tertiary/aromatic N) is 1. The lowest BCUT2D eigenvalue weighted by atomic mass is 10.3. The Morgan fingerprint density at radius 1 is 1.47 bits per heavy atom. The predicted molar refractivity (Wildman–Crippen MR) is 82.5 cm³/mol. The van der Waals surface area contributed by atoms with Crippen LogP contribution in [0.25, 0.3) is 0 Å². The molecule has 0 atom stereocenters. The second kappa shape index (κ2) is 9.29. The highest BCUT2D eigenvalue weighted by molar-refractivity contribution is 9.10. The summed E-state index contributed by atoms with van der Waals surface area (Å²) in [6.07, 6.45) is 5.19. The van der Waals surface area contributed by atoms with Gasteiger partial charge in [-0.15, -0.1) is 6.42 Å². The summed E-state index contributed by atoms with van der Waals surface area (Å²) in [5.41, 5.74) is 0. The summed E-state index contributed by atoms with van der Waals surface area (Å²) >= 11 is 3.40. The Balaban J connectivity index is 2.36. The fourth-order valence-corrected chi connectivity index (χ4v) is 1.73. The molecule has 0 unspecified atom stereocenters. The molecule has 0 amide bonds. The molecule has 0 radical (unpaired) electrons. The largest absolute Gasteiger partial charge is 0.492 e. The van der Waals surface area contributed by atoms with Crippen LogP contribution in [-0.2, 0) is 0 Å². The van der Waals surface area contributed by atoms with E-state index in [1.54, 1.807) is 0 Å². The number of ether oxygens (including phenoxy) is 1. The molecule has 0 saturated carbocycles. The normalized spacial score (nSPS) is 10.7. The van der Waals surface area contributed by atoms with Crippen LogP contribution in [0.1, 0.15) is 6.92 Å². The van der Waals surface area contributed by atoms with Gasteiger partial charge in [0.15, 0.2) is 5.96 Å². The fraction of sp³-hybridized carbons (Fsp3) is 0.357. The van der Waals surface area contributed by atoms with Crippen LogP contribution in [-0.4, -0.2) is 32.2 Å². The molecule has 1 rings (SSSR count). The van der Waals surface area contributed by atoms with Gasteiger partial charge in [0.1, 0.15) is 12.4 Å². The van der Waals surface area contributed by atoms with Crippen molar-refractivity contribution in [2.24, 2.45) is 4.99 Å². The monoisotopic (exact) mass is 323 g/mol. The molecule has 0 aliphatic carbocycles. The van der Waals surface area contributed by atoms with Crippen molar-refractivity contribution in [2.45, 2.75) is 6.92 Å². The molecular weight excluding hydrogens is 306 g/mol. The first kappa shape index (κ1) is 15.4. The summed E-state index contributed by atoms with van der Waals surface area (Å²) in [5, 5.41) is 6.12. The molecule has 2 N–H and O–H groups in total. The van der Waals surface area contributed by atoms with Gasteiger partial charge in [-0.1, -0.05) is 27.9 Å². The van der Waals surface area contributed by atoms with E-state index < -0.39 is 0 Å². The number of rotatable bonds is 6. The Morgan fingerprint density at radius 2 is 2.32 bits per heavy atom. The average molecular weight is 324 g/mol. The first-order valence-electron chi connectivity index (χ1n) is 6.10. The van der Waals surface area contributed by atoms with Crippen molar-refractivity contribution in [3.8, 4) is 18.1 Å². The summed E-state index contributed by atoms with van der Waals surface area (Å²) in [7, 11) is 0. The molecule has 4 nitrogen and oxygen atoms in total. The standard InChI is InChI=1S/C14H18BrN3O/c1-3-8-17-14(16-4-2)18-9-10-19-13-7-5-6-12(15)11-13/h1,5-7,11H,4,8-10H2,2H3,(H2,16,17,18). The van der Waals surface area contributed by atoms with Crippen molar-refractivity contribution in [3.05, 3.63) is 28.7 Å². The lowest BCUT2D eigenvalue weighted by Gasteiger charge is -2.09. The van der Waals surface area contributed by atoms with Crippen LogP contribution in [0.2, 0.25) is 0 Å². The van der Waals surface area contributed by atoms with Crippen LogP contribution in [0.3, 0.4) is 0 Å². The number of benzene rings is 1. The van der Waals surface area contributed by atoms with Crippen molar-refractivity contribution >= 4 is 21.9 Å². The highest BCUT2D eigenvalue weighted by Gasteiger charge is 1.96. The Morgan fingerprint density at radius 3 is 3.00 bits per heavy atom. The molecule has 1 aromatic carbocycles. The Labute approximate surface area is 122 Å². The number of halogens is 1. The quantitative estimate of drug-likeness (QED) is 0.364. The second-order valence-electron chi connectivity index (χ2n) is 3.62. The molecule has 19 heavy (non-hydrogen) atoms. The second-order valence-corrected chi connectivity index (χ2v) is 4.54. The third kappa shape index (κ3) is 6.73. The molecule has 0 fully saturated rings. The molecule has 0 spiro atoms. The van der Waals surface area contributed by atoms with E-state index in [1.165, 1.54) is 0 Å². The summed E-state index contributed by atoms with van der Waals surface area (Å²) < 4.78 is 6.58. The molecule has 0 heterocycles. The Kier molecular flexibility index (Phi) is 7.52. The van der Waals surface area contributed by atoms with Crippen molar-refractivity contribution < 1.29 is 4.74 Å². The molecule has 0 aliphatic heterocycles. The van der Waals surface area contributed by atoms with Crippen molar-refractivity contribution in [2.75, 3.05) is 26.2 Å². The van der Waals surface area contributed by atoms with Crippen LogP contribution in [0.5, 0.6) is 5.75 Å². The average Bonchev–Trinajstić information content (AvgIpc) is 2.41. The molecule has 0 saturated heterocycles. The fourth-order valence-electron chi connectivity index (χ4n) is 1.35. The van der Waals surface area contributed by atoms with E-state index in [1.807, 2.05) is 31.2 Å². The molecule has 0 aliphatic rings. The van der Waals surface area contributed by atoms with Gasteiger partial charge in [0.05, 0.1) is 13.1 Å². The third-order valence-electron chi connectivity index (χ3n) is 2.13. The highest BCUT2D eigenvalue weighted by atomic mass is 79.9. The number of aliphatic imine (C=N–C) groups is 1. The van der Waals surface area contributed by atoms with Gasteiger partial charge in [-0.3, -0.25) is 0 Å². The van der Waals surface area contributed by atoms with Crippen LogP contribution >= 0.6 is 15.9 Å². The Bertz CT molecular complexity index is 454. The predicted octanol–water partition coefficient (Wildman–Crippen LogP) is 2.02. The van der Waals surface area contributed by atoms with E-state index in [0.29, 0.717) is 25.7 Å². The third-order valence-corrected chi connectivity index (χ3v) is 2.62. The summed E-state index contributed by atoms with van der Waals surface area (Å²) in [6.45, 7) is 4.34. The molecule has 0 aromatic heterocycles. The van der Waals surface area contributed by atoms with Gasteiger partial charge in [-0.2, -0.15) is 0 Å². The maximum atomic E-state index is 5.59. The molecule has 5 heteroatoms. The molecule has 102 valence electrons. The van der Waals surface area contributed by atoms with Gasteiger partial charge in [-0.05, 0) is 25.1 Å². The Hall–Kier alpha value is -1.67. The van der Waals surface area contributed by atoms with Gasteiger partial charge in [0.25, 0.3) is 0 Å². The molecular formula is C14H18BrN3O. The summed E-state index contributed by atoms with van der Waals surface area (Å²) in [5.74, 6) is 4.04. The lowest BCUT2D eigenvalue weighted by molar-refractivity contribution is 0.328. The van der Waals surface area contributed by atoms with E-state index in [0.717, 1.165) is 16.8 Å². The van der Waals surface area contributed by atoms with E-state index >= 15 is 0 Å². The van der Waals surface area contributed by atoms with Crippen LogP contribution in [0.15, 0.2) is 33.7 Å². The SMILES string of the molecule is C#CCNC(=NCCOc1cccc(Br)c1)NCC. The van der Waals surface area contributed by atoms with Crippen LogP contribution in [0, 0.1) is 12.3 Å². The number of hydrogen-bond donors (Lipinski definition) is 2. The topological polar surface area (TPSA) is 45.7 Å². The van der Waals surface area contributed by atoms with Gasteiger partial charge in [-0.25, -0.2) is 4.99 Å². The number of guanidine groups is 1. The summed E-state index contributed by atoms with van der Waals surface area (Å²) in [4.78, 5) is 4.35. The molecule has 0 bridgehead atoms. The van der Waals surface area contributed by atoms with E-state index in [4.69, 9.17) is 11.2 Å². The number of terminal acetylenes is 1. The maximum Gasteiger partial charge on any atom is 0.192 e. The smallest absolute Gasteiger partial charge is 0.192 e. The van der Waals surface area contributed by atoms with Crippen molar-refractivity contribution in [3.63, 3.8) is 0 Å².